The van der Waals surface area contributed by atoms with Crippen LogP contribution in [-0.4, -0.2) is 68.3 Å². The van der Waals surface area contributed by atoms with Crippen molar-refractivity contribution in [3.63, 3.8) is 0 Å². The molecule has 0 bridgehead atoms. The lowest BCUT2D eigenvalue weighted by molar-refractivity contribution is -0.137. The van der Waals surface area contributed by atoms with E-state index < -0.39 is 16.0 Å². The summed E-state index contributed by atoms with van der Waals surface area (Å²) in [5, 5.41) is 13.7. The number of aromatic nitrogens is 2. The van der Waals surface area contributed by atoms with Crippen LogP contribution in [0, 0.1) is 0 Å². The van der Waals surface area contributed by atoms with Crippen LogP contribution in [0.15, 0.2) is 70.6 Å². The molecule has 2 aliphatic rings. The molecule has 5 rings (SSSR count). The molecule has 0 saturated carbocycles. The molecule has 40 heavy (non-hydrogen) atoms. The van der Waals surface area contributed by atoms with Crippen LogP contribution in [0.4, 0.5) is 0 Å². The summed E-state index contributed by atoms with van der Waals surface area (Å²) in [4.78, 5) is 26.1. The van der Waals surface area contributed by atoms with Crippen molar-refractivity contribution in [3.8, 4) is 16.9 Å². The fourth-order valence-electron chi connectivity index (χ4n) is 4.71. The minimum absolute atomic E-state index is 0.0548. The average Bonchev–Trinajstić information content (AvgIpc) is 3.50. The molecule has 0 aliphatic carbocycles. The normalized spacial score (nSPS) is 17.6. The zero-order valence-electron chi connectivity index (χ0n) is 21.6. The predicted octanol–water partition coefficient (Wildman–Crippen LogP) is 4.78. The van der Waals surface area contributed by atoms with Gasteiger partial charge in [0.25, 0.3) is 5.91 Å². The maximum Gasteiger partial charge on any atom is 0.303 e. The number of nitrogens with zero attached hydrogens (tertiary/aromatic N) is 4. The number of benzene rings is 2. The van der Waals surface area contributed by atoms with Crippen molar-refractivity contribution < 1.29 is 23.1 Å². The summed E-state index contributed by atoms with van der Waals surface area (Å²) in [5.74, 6) is -1.22. The number of carbonyl (C=O) groups is 2. The summed E-state index contributed by atoms with van der Waals surface area (Å²) in [6, 6.07) is 16.2. The van der Waals surface area contributed by atoms with Gasteiger partial charge in [-0.1, -0.05) is 60.7 Å². The summed E-state index contributed by atoms with van der Waals surface area (Å²) in [6.45, 7) is 1.24. The van der Waals surface area contributed by atoms with Crippen molar-refractivity contribution in [2.75, 3.05) is 19.6 Å². The van der Waals surface area contributed by atoms with Gasteiger partial charge in [-0.05, 0) is 49.6 Å². The molecule has 208 valence electrons. The number of hydrogen-bond donors (Lipinski definition) is 1. The Morgan fingerprint density at radius 2 is 1.82 bits per heavy atom. The Balaban J connectivity index is 1.52. The van der Waals surface area contributed by atoms with E-state index in [9.17, 15) is 18.0 Å². The first-order valence-electron chi connectivity index (χ1n) is 13.0. The quantitative estimate of drug-likeness (QED) is 0.278. The number of carbonyl (C=O) groups excluding carboxylic acids is 1. The Hall–Kier alpha value is -3.32. The van der Waals surface area contributed by atoms with E-state index in [1.165, 1.54) is 9.21 Å². The molecule has 3 aromatic rings. The molecule has 1 N–H and O–H groups in total. The molecule has 2 saturated heterocycles. The van der Waals surface area contributed by atoms with Gasteiger partial charge in [-0.2, -0.15) is 9.40 Å². The van der Waals surface area contributed by atoms with Crippen LogP contribution in [0.1, 0.15) is 37.7 Å². The summed E-state index contributed by atoms with van der Waals surface area (Å²) in [6.07, 6.45) is 6.47. The van der Waals surface area contributed by atoms with E-state index in [2.05, 4.69) is 0 Å². The highest BCUT2D eigenvalue weighted by Gasteiger charge is 2.32. The van der Waals surface area contributed by atoms with E-state index in [1.807, 2.05) is 30.3 Å². The molecular weight excluding hydrogens is 569 g/mol. The Bertz CT molecular complexity index is 1580. The minimum Gasteiger partial charge on any atom is -0.481 e. The van der Waals surface area contributed by atoms with Gasteiger partial charge in [0.1, 0.15) is 10.0 Å². The number of hydrogen-bond acceptors (Lipinski definition) is 7. The van der Waals surface area contributed by atoms with Gasteiger partial charge >= 0.3 is 5.97 Å². The van der Waals surface area contributed by atoms with Crippen LogP contribution in [0.5, 0.6) is 0 Å². The largest absolute Gasteiger partial charge is 0.481 e. The van der Waals surface area contributed by atoms with E-state index >= 15 is 0 Å². The number of carboxylic acid groups (broad SMARTS) is 1. The molecule has 2 aliphatic heterocycles. The smallest absolute Gasteiger partial charge is 0.303 e. The molecule has 1 amide bonds. The molecule has 0 spiro atoms. The van der Waals surface area contributed by atoms with Gasteiger partial charge < -0.3 is 5.11 Å². The lowest BCUT2D eigenvalue weighted by Gasteiger charge is -2.26. The highest BCUT2D eigenvalue weighted by molar-refractivity contribution is 8.26. The van der Waals surface area contributed by atoms with Crippen molar-refractivity contribution in [2.24, 2.45) is 0 Å². The highest BCUT2D eigenvalue weighted by atomic mass is 32.2. The van der Waals surface area contributed by atoms with E-state index in [1.54, 1.807) is 41.2 Å². The van der Waals surface area contributed by atoms with Gasteiger partial charge in [0.05, 0.1) is 15.5 Å². The SMILES string of the molecule is O=C(O)CCCN1C(=O)C(=Cc2cn(-c3ccccc3)nc2-c2cccc(S(=O)(=O)N3CCCCC3)c2)SC1=S. The number of thioether (sulfide) groups is 1. The van der Waals surface area contributed by atoms with Gasteiger partial charge in [-0.3, -0.25) is 14.5 Å². The summed E-state index contributed by atoms with van der Waals surface area (Å²) in [5.41, 5.74) is 2.57. The molecule has 12 heteroatoms. The van der Waals surface area contributed by atoms with Crippen LogP contribution < -0.4 is 0 Å². The summed E-state index contributed by atoms with van der Waals surface area (Å²) < 4.78 is 30.4. The molecule has 9 nitrogen and oxygen atoms in total. The highest BCUT2D eigenvalue weighted by Crippen LogP contribution is 2.35. The number of carboxylic acids is 1. The van der Waals surface area contributed by atoms with Crippen molar-refractivity contribution in [1.29, 1.82) is 0 Å². The number of aliphatic carboxylic acids is 1. The number of amides is 1. The third kappa shape index (κ3) is 6.04. The fourth-order valence-corrected chi connectivity index (χ4v) is 7.57. The molecule has 0 radical (unpaired) electrons. The number of rotatable bonds is 9. The van der Waals surface area contributed by atoms with Crippen LogP contribution in [-0.2, 0) is 19.6 Å². The topological polar surface area (TPSA) is 113 Å². The van der Waals surface area contributed by atoms with Gasteiger partial charge in [-0.25, -0.2) is 13.1 Å². The zero-order chi connectivity index (χ0) is 28.3. The lowest BCUT2D eigenvalue weighted by atomic mass is 10.1. The third-order valence-corrected chi connectivity index (χ3v) is 10.0. The van der Waals surface area contributed by atoms with Crippen LogP contribution in [0.2, 0.25) is 0 Å². The molecule has 3 heterocycles. The minimum atomic E-state index is -3.65. The third-order valence-electron chi connectivity index (χ3n) is 6.76. The first-order chi connectivity index (χ1) is 19.2. The Morgan fingerprint density at radius 1 is 1.07 bits per heavy atom. The maximum absolute atomic E-state index is 13.4. The monoisotopic (exact) mass is 596 g/mol. The number of piperidine rings is 1. The van der Waals surface area contributed by atoms with Crippen LogP contribution in [0.3, 0.4) is 0 Å². The Labute approximate surface area is 242 Å². The lowest BCUT2D eigenvalue weighted by Crippen LogP contribution is -2.35. The maximum atomic E-state index is 13.4. The van der Waals surface area contributed by atoms with Crippen molar-refractivity contribution in [1.82, 2.24) is 19.0 Å². The van der Waals surface area contributed by atoms with Crippen molar-refractivity contribution >= 4 is 56.3 Å². The number of sulfonamides is 1. The number of thiocarbonyl (C=S) groups is 1. The molecular formula is C28H28N4O5S3. The first kappa shape index (κ1) is 28.2. The first-order valence-corrected chi connectivity index (χ1v) is 15.6. The van der Waals surface area contributed by atoms with Gasteiger partial charge in [0, 0.05) is 43.4 Å². The number of para-hydroxylation sites is 1. The molecule has 2 fully saturated rings. The average molecular weight is 597 g/mol. The second-order valence-corrected chi connectivity index (χ2v) is 13.2. The Kier molecular flexibility index (Phi) is 8.50. The molecule has 0 atom stereocenters. The predicted molar refractivity (Wildman–Crippen MR) is 158 cm³/mol. The van der Waals surface area contributed by atoms with Crippen LogP contribution in [0.25, 0.3) is 23.0 Å². The standard InChI is InChI=1S/C28H28N4O5S3/c33-25(34)13-8-16-31-27(35)24(39-28(31)38)18-21-19-32(22-10-3-1-4-11-22)29-26(21)20-9-7-12-23(17-20)40(36,37)30-14-5-2-6-15-30/h1,3-4,7,9-12,17-19H,2,5-6,8,13-16H2,(H,33,34). The Morgan fingerprint density at radius 3 is 2.55 bits per heavy atom. The van der Waals surface area contributed by atoms with Gasteiger partial charge in [0.15, 0.2) is 0 Å². The van der Waals surface area contributed by atoms with Crippen molar-refractivity contribution in [3.05, 3.63) is 71.3 Å². The van der Waals surface area contributed by atoms with Crippen molar-refractivity contribution in [2.45, 2.75) is 37.0 Å². The van der Waals surface area contributed by atoms with E-state index in [-0.39, 0.29) is 23.8 Å². The van der Waals surface area contributed by atoms with E-state index in [0.29, 0.717) is 45.6 Å². The zero-order valence-corrected chi connectivity index (χ0v) is 24.1. The molecule has 1 aromatic heterocycles. The second kappa shape index (κ2) is 12.0. The second-order valence-electron chi connectivity index (χ2n) is 9.54. The van der Waals surface area contributed by atoms with Gasteiger partial charge in [-0.15, -0.1) is 0 Å². The van der Waals surface area contributed by atoms with E-state index in [4.69, 9.17) is 22.4 Å². The van der Waals surface area contributed by atoms with Crippen LogP contribution >= 0.6 is 24.0 Å². The molecule has 2 aromatic carbocycles. The summed E-state index contributed by atoms with van der Waals surface area (Å²) >= 11 is 6.56. The van der Waals surface area contributed by atoms with E-state index in [0.717, 1.165) is 36.7 Å². The molecule has 0 unspecified atom stereocenters. The van der Waals surface area contributed by atoms with Gasteiger partial charge in [0.2, 0.25) is 10.0 Å². The summed E-state index contributed by atoms with van der Waals surface area (Å²) in [7, 11) is -3.65. The fraction of sp³-hybridized carbons (Fsp3) is 0.286.